The number of hydrogen-bond acceptors (Lipinski definition) is 5. The second-order valence-corrected chi connectivity index (χ2v) is 4.71. The van der Waals surface area contributed by atoms with E-state index in [0.29, 0.717) is 24.0 Å². The molecule has 1 heterocycles. The third-order valence-corrected chi connectivity index (χ3v) is 2.95. The number of methoxy groups -OCH3 is 1. The second-order valence-electron chi connectivity index (χ2n) is 3.85. The van der Waals surface area contributed by atoms with Crippen LogP contribution in [0.3, 0.4) is 0 Å². The lowest BCUT2D eigenvalue weighted by atomic mass is 10.1. The van der Waals surface area contributed by atoms with E-state index in [1.807, 2.05) is 18.4 Å². The highest BCUT2D eigenvalue weighted by Crippen LogP contribution is 2.14. The lowest BCUT2D eigenvalue weighted by molar-refractivity contribution is 0.0996. The van der Waals surface area contributed by atoms with Crippen molar-refractivity contribution in [2.45, 2.75) is 12.5 Å². The standard InChI is InChI=1S/C11H18N2O2S/c1-11(14,8-16-3)7-12-9-5-4-6-10(13-9)15-2/h4-6,14H,7-8H2,1-3H3,(H,12,13). The Hall–Kier alpha value is -0.940. The monoisotopic (exact) mass is 242 g/mol. The predicted octanol–water partition coefficient (Wildman–Crippen LogP) is 1.62. The molecule has 0 radical (unpaired) electrons. The van der Waals surface area contributed by atoms with Crippen molar-refractivity contribution in [3.05, 3.63) is 18.2 Å². The Kier molecular flexibility index (Phi) is 4.89. The summed E-state index contributed by atoms with van der Waals surface area (Å²) in [5.74, 6) is 1.96. The molecule has 0 aliphatic carbocycles. The number of ether oxygens (including phenoxy) is 1. The Morgan fingerprint density at radius 1 is 1.56 bits per heavy atom. The molecule has 0 spiro atoms. The molecular weight excluding hydrogens is 224 g/mol. The van der Waals surface area contributed by atoms with Crippen LogP contribution in [0.5, 0.6) is 5.88 Å². The Morgan fingerprint density at radius 2 is 2.31 bits per heavy atom. The molecule has 1 rings (SSSR count). The predicted molar refractivity (Wildman–Crippen MR) is 68.3 cm³/mol. The van der Waals surface area contributed by atoms with Crippen LogP contribution in [0.25, 0.3) is 0 Å². The highest BCUT2D eigenvalue weighted by molar-refractivity contribution is 7.98. The molecule has 0 amide bonds. The number of anilines is 1. The minimum Gasteiger partial charge on any atom is -0.481 e. The zero-order valence-corrected chi connectivity index (χ0v) is 10.7. The van der Waals surface area contributed by atoms with Crippen molar-refractivity contribution in [3.8, 4) is 5.88 Å². The van der Waals surface area contributed by atoms with Crippen LogP contribution in [-0.2, 0) is 0 Å². The van der Waals surface area contributed by atoms with E-state index in [1.165, 1.54) is 0 Å². The summed E-state index contributed by atoms with van der Waals surface area (Å²) in [7, 11) is 1.58. The van der Waals surface area contributed by atoms with Crippen LogP contribution in [0.1, 0.15) is 6.92 Å². The van der Waals surface area contributed by atoms with Gasteiger partial charge in [0, 0.05) is 18.4 Å². The molecule has 0 aliphatic heterocycles. The topological polar surface area (TPSA) is 54.4 Å². The molecule has 0 aliphatic rings. The molecule has 5 heteroatoms. The molecule has 0 aromatic carbocycles. The highest BCUT2D eigenvalue weighted by atomic mass is 32.2. The minimum atomic E-state index is -0.732. The Bertz CT molecular complexity index is 332. The quantitative estimate of drug-likeness (QED) is 0.794. The van der Waals surface area contributed by atoms with E-state index < -0.39 is 5.60 Å². The van der Waals surface area contributed by atoms with Crippen LogP contribution in [0.2, 0.25) is 0 Å². The van der Waals surface area contributed by atoms with Gasteiger partial charge in [0.1, 0.15) is 5.82 Å². The van der Waals surface area contributed by atoms with Crippen LogP contribution in [0.15, 0.2) is 18.2 Å². The molecule has 2 N–H and O–H groups in total. The van der Waals surface area contributed by atoms with E-state index in [1.54, 1.807) is 31.9 Å². The summed E-state index contributed by atoms with van der Waals surface area (Å²) in [4.78, 5) is 4.20. The molecule has 0 saturated heterocycles. The molecule has 0 fully saturated rings. The SMILES string of the molecule is COc1cccc(NCC(C)(O)CSC)n1. The molecule has 1 atom stereocenters. The summed E-state index contributed by atoms with van der Waals surface area (Å²) in [6.07, 6.45) is 1.97. The first-order valence-corrected chi connectivity index (χ1v) is 6.43. The van der Waals surface area contributed by atoms with Gasteiger partial charge in [-0.2, -0.15) is 16.7 Å². The van der Waals surface area contributed by atoms with E-state index in [2.05, 4.69) is 10.3 Å². The van der Waals surface area contributed by atoms with Crippen molar-refractivity contribution >= 4 is 17.6 Å². The summed E-state index contributed by atoms with van der Waals surface area (Å²) in [6, 6.07) is 5.49. The van der Waals surface area contributed by atoms with Crippen LogP contribution < -0.4 is 10.1 Å². The molecule has 1 unspecified atom stereocenters. The fraction of sp³-hybridized carbons (Fsp3) is 0.545. The van der Waals surface area contributed by atoms with E-state index >= 15 is 0 Å². The molecule has 0 bridgehead atoms. The number of thioether (sulfide) groups is 1. The number of hydrogen-bond donors (Lipinski definition) is 2. The van der Waals surface area contributed by atoms with E-state index in [4.69, 9.17) is 4.74 Å². The molecule has 1 aromatic heterocycles. The van der Waals surface area contributed by atoms with Gasteiger partial charge in [-0.1, -0.05) is 6.07 Å². The summed E-state index contributed by atoms with van der Waals surface area (Å²) in [5, 5.41) is 13.0. The molecule has 90 valence electrons. The number of aliphatic hydroxyl groups is 1. The summed E-state index contributed by atoms with van der Waals surface area (Å²) >= 11 is 1.62. The van der Waals surface area contributed by atoms with Gasteiger partial charge in [-0.15, -0.1) is 0 Å². The van der Waals surface area contributed by atoms with Gasteiger partial charge in [0.15, 0.2) is 0 Å². The van der Waals surface area contributed by atoms with Gasteiger partial charge < -0.3 is 15.2 Å². The van der Waals surface area contributed by atoms with Gasteiger partial charge in [-0.05, 0) is 19.2 Å². The summed E-state index contributed by atoms with van der Waals surface area (Å²) in [6.45, 7) is 2.27. The third kappa shape index (κ3) is 4.28. The van der Waals surface area contributed by atoms with Gasteiger partial charge >= 0.3 is 0 Å². The third-order valence-electron chi connectivity index (χ3n) is 2.04. The van der Waals surface area contributed by atoms with Crippen molar-refractivity contribution in [3.63, 3.8) is 0 Å². The Balaban J connectivity index is 2.53. The van der Waals surface area contributed by atoms with Crippen molar-refractivity contribution in [2.75, 3.05) is 31.0 Å². The minimum absolute atomic E-state index is 0.466. The Labute approximate surface area is 100 Å². The first-order chi connectivity index (χ1) is 7.57. The van der Waals surface area contributed by atoms with Crippen molar-refractivity contribution in [2.24, 2.45) is 0 Å². The van der Waals surface area contributed by atoms with Gasteiger partial charge in [0.05, 0.1) is 12.7 Å². The summed E-state index contributed by atoms with van der Waals surface area (Å²) < 4.78 is 5.02. The number of pyridine rings is 1. The lowest BCUT2D eigenvalue weighted by Gasteiger charge is -2.22. The second kappa shape index (κ2) is 5.96. The first-order valence-electron chi connectivity index (χ1n) is 5.03. The van der Waals surface area contributed by atoms with Crippen LogP contribution in [0, 0.1) is 0 Å². The Morgan fingerprint density at radius 3 is 2.94 bits per heavy atom. The fourth-order valence-electron chi connectivity index (χ4n) is 1.27. The smallest absolute Gasteiger partial charge is 0.214 e. The summed E-state index contributed by atoms with van der Waals surface area (Å²) in [5.41, 5.74) is -0.732. The average Bonchev–Trinajstić information content (AvgIpc) is 2.27. The maximum absolute atomic E-state index is 9.96. The van der Waals surface area contributed by atoms with Crippen LogP contribution in [-0.4, -0.2) is 41.4 Å². The van der Waals surface area contributed by atoms with Gasteiger partial charge in [0.2, 0.25) is 5.88 Å². The highest BCUT2D eigenvalue weighted by Gasteiger charge is 2.19. The molecule has 16 heavy (non-hydrogen) atoms. The average molecular weight is 242 g/mol. The normalized spacial score (nSPS) is 14.2. The van der Waals surface area contributed by atoms with Crippen molar-refractivity contribution < 1.29 is 9.84 Å². The van der Waals surface area contributed by atoms with E-state index in [9.17, 15) is 5.11 Å². The van der Waals surface area contributed by atoms with Crippen molar-refractivity contribution in [1.29, 1.82) is 0 Å². The van der Waals surface area contributed by atoms with Gasteiger partial charge in [-0.3, -0.25) is 0 Å². The maximum atomic E-state index is 9.96. The number of aromatic nitrogens is 1. The van der Waals surface area contributed by atoms with Gasteiger partial charge in [-0.25, -0.2) is 0 Å². The number of nitrogens with one attached hydrogen (secondary N) is 1. The molecule has 4 nitrogen and oxygen atoms in total. The number of rotatable bonds is 6. The molecular formula is C11H18N2O2S. The van der Waals surface area contributed by atoms with E-state index in [-0.39, 0.29) is 0 Å². The van der Waals surface area contributed by atoms with Crippen LogP contribution in [0.4, 0.5) is 5.82 Å². The zero-order valence-electron chi connectivity index (χ0n) is 9.86. The lowest BCUT2D eigenvalue weighted by Crippen LogP contribution is -2.36. The number of nitrogens with zero attached hydrogens (tertiary/aromatic N) is 1. The zero-order chi connectivity index (χ0) is 12.0. The fourth-order valence-corrected chi connectivity index (χ4v) is 1.99. The van der Waals surface area contributed by atoms with Crippen LogP contribution >= 0.6 is 11.8 Å². The molecule has 1 aromatic rings. The largest absolute Gasteiger partial charge is 0.481 e. The maximum Gasteiger partial charge on any atom is 0.214 e. The first kappa shape index (κ1) is 13.1. The van der Waals surface area contributed by atoms with Gasteiger partial charge in [0.25, 0.3) is 0 Å². The molecule has 0 saturated carbocycles. The van der Waals surface area contributed by atoms with E-state index in [0.717, 1.165) is 0 Å². The van der Waals surface area contributed by atoms with Crippen molar-refractivity contribution in [1.82, 2.24) is 4.98 Å².